The molecule has 4 nitrogen and oxygen atoms in total. The van der Waals surface area contributed by atoms with Gasteiger partial charge in [-0.3, -0.25) is 4.79 Å². The summed E-state index contributed by atoms with van der Waals surface area (Å²) in [6, 6.07) is 8.93. The Morgan fingerprint density at radius 3 is 2.86 bits per heavy atom. The molecule has 1 heterocycles. The van der Waals surface area contributed by atoms with Gasteiger partial charge in [-0.15, -0.1) is 0 Å². The van der Waals surface area contributed by atoms with Crippen molar-refractivity contribution < 1.29 is 13.9 Å². The minimum absolute atomic E-state index is 0.0555. The van der Waals surface area contributed by atoms with Crippen molar-refractivity contribution in [3.63, 3.8) is 0 Å². The monoisotopic (exact) mass is 326 g/mol. The van der Waals surface area contributed by atoms with Crippen LogP contribution in [0.2, 0.25) is 5.02 Å². The Morgan fingerprint density at radius 1 is 1.43 bits per heavy atom. The van der Waals surface area contributed by atoms with Crippen LogP contribution in [0, 0.1) is 11.0 Å². The summed E-state index contributed by atoms with van der Waals surface area (Å²) in [5, 5.41) is 14.1. The van der Waals surface area contributed by atoms with Gasteiger partial charge in [0.15, 0.2) is 6.20 Å². The number of nitrogens with zero attached hydrogens (tertiary/aromatic N) is 1. The maximum absolute atomic E-state index is 13.6. The lowest BCUT2D eigenvalue weighted by atomic mass is 10.3. The Kier molecular flexibility index (Phi) is 5.03. The fraction of sp³-hybridized carbons (Fsp3) is 0.143. The van der Waals surface area contributed by atoms with E-state index < -0.39 is 17.0 Å². The van der Waals surface area contributed by atoms with Crippen LogP contribution >= 0.6 is 23.4 Å². The lowest BCUT2D eigenvalue weighted by Gasteiger charge is -2.12. The topological polar surface area (TPSA) is 56.0 Å². The number of hydrogen-bond acceptors (Lipinski definition) is 3. The van der Waals surface area contributed by atoms with E-state index in [-0.39, 0.29) is 10.7 Å². The lowest BCUT2D eigenvalue weighted by molar-refractivity contribution is -0.645. The maximum atomic E-state index is 13.6. The Labute approximate surface area is 130 Å². The van der Waals surface area contributed by atoms with Gasteiger partial charge < -0.3 is 10.5 Å². The molecule has 1 aromatic carbocycles. The molecule has 0 aliphatic rings. The minimum atomic E-state index is -0.605. The van der Waals surface area contributed by atoms with Crippen molar-refractivity contribution in [1.29, 1.82) is 0 Å². The zero-order chi connectivity index (χ0) is 15.4. The van der Waals surface area contributed by atoms with E-state index >= 15 is 0 Å². The second kappa shape index (κ2) is 6.78. The van der Waals surface area contributed by atoms with Crippen LogP contribution in [0.15, 0.2) is 47.6 Å². The molecule has 0 fully saturated rings. The van der Waals surface area contributed by atoms with Gasteiger partial charge in [0.1, 0.15) is 5.82 Å². The number of hydrogen-bond donors (Lipinski definition) is 1. The van der Waals surface area contributed by atoms with E-state index in [0.29, 0.717) is 9.76 Å². The molecule has 1 N–H and O–H groups in total. The molecule has 0 saturated carbocycles. The third kappa shape index (κ3) is 4.09. The summed E-state index contributed by atoms with van der Waals surface area (Å²) in [6.45, 7) is 1.64. The number of aromatic nitrogens is 1. The molecule has 2 aromatic rings. The Morgan fingerprint density at radius 2 is 2.19 bits per heavy atom. The van der Waals surface area contributed by atoms with Crippen molar-refractivity contribution in [3.8, 4) is 0 Å². The molecule has 7 heteroatoms. The number of anilines is 1. The number of benzene rings is 1. The average Bonchev–Trinajstić information content (AvgIpc) is 2.44. The Bertz CT molecular complexity index is 669. The summed E-state index contributed by atoms with van der Waals surface area (Å²) in [5.74, 6) is -1.00. The smallest absolute Gasteiger partial charge is 0.252 e. The SMILES string of the molecule is CC(Sc1cccc[n+]1[O-])C(=O)Nc1ccc(Cl)cc1F. The number of nitrogens with one attached hydrogen (secondary N) is 1. The average molecular weight is 327 g/mol. The van der Waals surface area contributed by atoms with Crippen LogP contribution in [-0.2, 0) is 4.79 Å². The first-order valence-corrected chi connectivity index (χ1v) is 7.34. The molecule has 1 atom stereocenters. The minimum Gasteiger partial charge on any atom is -0.618 e. The van der Waals surface area contributed by atoms with Gasteiger partial charge in [-0.25, -0.2) is 4.39 Å². The van der Waals surface area contributed by atoms with Gasteiger partial charge in [0.25, 0.3) is 5.03 Å². The zero-order valence-electron chi connectivity index (χ0n) is 11.0. The molecular formula is C14H12ClFN2O2S. The second-order valence-corrected chi connectivity index (χ2v) is 6.04. The summed E-state index contributed by atoms with van der Waals surface area (Å²) < 4.78 is 14.3. The van der Waals surface area contributed by atoms with E-state index in [1.165, 1.54) is 18.3 Å². The first-order chi connectivity index (χ1) is 9.97. The van der Waals surface area contributed by atoms with Gasteiger partial charge in [-0.2, -0.15) is 4.73 Å². The van der Waals surface area contributed by atoms with Crippen LogP contribution in [0.25, 0.3) is 0 Å². The zero-order valence-corrected chi connectivity index (χ0v) is 12.6. The molecule has 1 aromatic heterocycles. The number of carbonyl (C=O) groups is 1. The Balaban J connectivity index is 2.04. The fourth-order valence-corrected chi connectivity index (χ4v) is 2.57. The fourth-order valence-electron chi connectivity index (χ4n) is 1.56. The van der Waals surface area contributed by atoms with Gasteiger partial charge in [0, 0.05) is 17.2 Å². The van der Waals surface area contributed by atoms with E-state index in [0.717, 1.165) is 17.8 Å². The molecule has 21 heavy (non-hydrogen) atoms. The van der Waals surface area contributed by atoms with Gasteiger partial charge in [-0.1, -0.05) is 11.6 Å². The van der Waals surface area contributed by atoms with Crippen molar-refractivity contribution in [2.75, 3.05) is 5.32 Å². The molecule has 0 bridgehead atoms. The molecule has 0 radical (unpaired) electrons. The molecule has 1 amide bonds. The van der Waals surface area contributed by atoms with Crippen LogP contribution in [0.5, 0.6) is 0 Å². The number of pyridine rings is 1. The number of thioether (sulfide) groups is 1. The first-order valence-electron chi connectivity index (χ1n) is 6.08. The van der Waals surface area contributed by atoms with Crippen LogP contribution < -0.4 is 10.0 Å². The Hall–Kier alpha value is -1.79. The van der Waals surface area contributed by atoms with Gasteiger partial charge in [0.2, 0.25) is 5.91 Å². The summed E-state index contributed by atoms with van der Waals surface area (Å²) >= 11 is 6.74. The highest BCUT2D eigenvalue weighted by atomic mass is 35.5. The maximum Gasteiger partial charge on any atom is 0.252 e. The summed E-state index contributed by atoms with van der Waals surface area (Å²) in [5.41, 5.74) is 0.0555. The predicted octanol–water partition coefficient (Wildman–Crippen LogP) is 3.23. The van der Waals surface area contributed by atoms with Crippen molar-refractivity contribution >= 4 is 35.0 Å². The third-order valence-electron chi connectivity index (χ3n) is 2.64. The van der Waals surface area contributed by atoms with Crippen molar-refractivity contribution in [3.05, 3.63) is 58.6 Å². The predicted molar refractivity (Wildman–Crippen MR) is 80.8 cm³/mol. The number of halogens is 2. The summed E-state index contributed by atoms with van der Waals surface area (Å²) in [6.07, 6.45) is 1.35. The third-order valence-corrected chi connectivity index (χ3v) is 4.00. The molecular weight excluding hydrogens is 315 g/mol. The number of amides is 1. The molecule has 0 aliphatic heterocycles. The van der Waals surface area contributed by atoms with E-state index in [1.54, 1.807) is 25.1 Å². The van der Waals surface area contributed by atoms with E-state index in [1.807, 2.05) is 0 Å². The van der Waals surface area contributed by atoms with E-state index in [9.17, 15) is 14.4 Å². The highest BCUT2D eigenvalue weighted by Gasteiger charge is 2.19. The summed E-state index contributed by atoms with van der Waals surface area (Å²) in [7, 11) is 0. The second-order valence-electron chi connectivity index (χ2n) is 4.24. The number of rotatable bonds is 4. The molecule has 0 spiro atoms. The highest BCUT2D eigenvalue weighted by Crippen LogP contribution is 2.23. The lowest BCUT2D eigenvalue weighted by Crippen LogP contribution is -2.30. The molecule has 110 valence electrons. The number of carbonyl (C=O) groups excluding carboxylic acids is 1. The van der Waals surface area contributed by atoms with Gasteiger partial charge in [0.05, 0.1) is 10.9 Å². The van der Waals surface area contributed by atoms with Crippen molar-refractivity contribution in [2.45, 2.75) is 17.2 Å². The van der Waals surface area contributed by atoms with Gasteiger partial charge in [-0.05, 0) is 43.0 Å². The molecule has 2 rings (SSSR count). The van der Waals surface area contributed by atoms with Crippen molar-refractivity contribution in [1.82, 2.24) is 0 Å². The van der Waals surface area contributed by atoms with Gasteiger partial charge >= 0.3 is 0 Å². The first kappa shape index (κ1) is 15.6. The molecule has 0 aliphatic carbocycles. The van der Waals surface area contributed by atoms with Crippen LogP contribution in [0.4, 0.5) is 10.1 Å². The quantitative estimate of drug-likeness (QED) is 0.533. The molecule has 0 saturated heterocycles. The highest BCUT2D eigenvalue weighted by molar-refractivity contribution is 8.00. The normalized spacial score (nSPS) is 12.0. The van der Waals surface area contributed by atoms with E-state index in [4.69, 9.17) is 11.6 Å². The summed E-state index contributed by atoms with van der Waals surface area (Å²) in [4.78, 5) is 12.0. The van der Waals surface area contributed by atoms with Crippen LogP contribution in [0.1, 0.15) is 6.92 Å². The van der Waals surface area contributed by atoms with Crippen molar-refractivity contribution in [2.24, 2.45) is 0 Å². The van der Waals surface area contributed by atoms with Crippen LogP contribution in [0.3, 0.4) is 0 Å². The largest absolute Gasteiger partial charge is 0.618 e. The molecule has 1 unspecified atom stereocenters. The van der Waals surface area contributed by atoms with E-state index in [2.05, 4.69) is 5.32 Å². The standard InChI is InChI=1S/C14H12ClFN2O2S/c1-9(21-13-4-2-3-7-18(13)20)14(19)17-12-6-5-10(15)8-11(12)16/h2-9H,1H3,(H,17,19). The van der Waals surface area contributed by atoms with Crippen LogP contribution in [-0.4, -0.2) is 11.2 Å².